The Balaban J connectivity index is 2.03. The van der Waals surface area contributed by atoms with Crippen LogP contribution in [0.3, 0.4) is 0 Å². The monoisotopic (exact) mass is 1060 g/mol. The quantitative estimate of drug-likeness (QED) is 0.0195. The highest BCUT2D eigenvalue weighted by molar-refractivity contribution is 5.76. The number of amides is 1. The topological polar surface area (TPSA) is 175 Å². The summed E-state index contributed by atoms with van der Waals surface area (Å²) in [5.41, 5.74) is 0. The molecule has 1 heterocycles. The van der Waals surface area contributed by atoms with E-state index in [0.717, 1.165) is 96.3 Å². The Morgan fingerprint density at radius 3 is 1.47 bits per heavy atom. The van der Waals surface area contributed by atoms with Gasteiger partial charge in [-0.2, -0.15) is 0 Å². The van der Waals surface area contributed by atoms with Gasteiger partial charge in [-0.15, -0.1) is 0 Å². The number of aliphatic hydroxyl groups is 5. The highest BCUT2D eigenvalue weighted by Gasteiger charge is 2.44. The van der Waals surface area contributed by atoms with Crippen LogP contribution < -0.4 is 5.32 Å². The summed E-state index contributed by atoms with van der Waals surface area (Å²) in [6.07, 6.45) is 60.2. The summed E-state index contributed by atoms with van der Waals surface area (Å²) in [6.45, 7) is 4.16. The molecule has 1 aliphatic heterocycles. The summed E-state index contributed by atoms with van der Waals surface area (Å²) < 4.78 is 16.6. The number of esters is 1. The number of hydrogen-bond donors (Lipinski definition) is 6. The Morgan fingerprint density at radius 2 is 0.947 bits per heavy atom. The van der Waals surface area contributed by atoms with Gasteiger partial charge in [-0.1, -0.05) is 209 Å². The van der Waals surface area contributed by atoms with Crippen molar-refractivity contribution in [3.63, 3.8) is 0 Å². The Bertz CT molecular complexity index is 1470. The van der Waals surface area contributed by atoms with Crippen LogP contribution in [0.4, 0.5) is 0 Å². The Kier molecular flexibility index (Phi) is 49.7. The molecule has 7 unspecified atom stereocenters. The third-order valence-electron chi connectivity index (χ3n) is 14.0. The second kappa shape index (κ2) is 53.1. The predicted octanol–water partition coefficient (Wildman–Crippen LogP) is 14.4. The van der Waals surface area contributed by atoms with E-state index in [1.807, 2.05) is 6.08 Å². The number of nitrogens with one attached hydrogen (secondary N) is 1. The third kappa shape index (κ3) is 42.8. The van der Waals surface area contributed by atoms with Crippen LogP contribution in [0.2, 0.25) is 0 Å². The van der Waals surface area contributed by atoms with Crippen molar-refractivity contribution < 1.29 is 49.3 Å². The van der Waals surface area contributed by atoms with E-state index in [1.54, 1.807) is 6.08 Å². The fourth-order valence-corrected chi connectivity index (χ4v) is 9.14. The Labute approximate surface area is 458 Å². The zero-order valence-corrected chi connectivity index (χ0v) is 47.7. The number of aliphatic hydroxyl groups excluding tert-OH is 5. The van der Waals surface area contributed by atoms with E-state index in [2.05, 4.69) is 79.9 Å². The molecule has 0 aromatic heterocycles. The second-order valence-corrected chi connectivity index (χ2v) is 21.0. The van der Waals surface area contributed by atoms with Crippen LogP contribution in [0.5, 0.6) is 0 Å². The van der Waals surface area contributed by atoms with Crippen molar-refractivity contribution in [3.8, 4) is 0 Å². The lowest BCUT2D eigenvalue weighted by Crippen LogP contribution is -2.60. The number of carbonyl (C=O) groups is 2. The molecule has 1 fully saturated rings. The van der Waals surface area contributed by atoms with Crippen LogP contribution in [0, 0.1) is 0 Å². The zero-order chi connectivity index (χ0) is 54.5. The highest BCUT2D eigenvalue weighted by Crippen LogP contribution is 2.23. The molecule has 0 aliphatic carbocycles. The van der Waals surface area contributed by atoms with Gasteiger partial charge in [-0.3, -0.25) is 9.59 Å². The summed E-state index contributed by atoms with van der Waals surface area (Å²) in [6, 6.07) is -0.840. The molecule has 1 aliphatic rings. The van der Waals surface area contributed by atoms with Crippen molar-refractivity contribution in [1.82, 2.24) is 5.32 Å². The zero-order valence-electron chi connectivity index (χ0n) is 47.7. The van der Waals surface area contributed by atoms with Gasteiger partial charge in [0.15, 0.2) is 6.29 Å². The van der Waals surface area contributed by atoms with Gasteiger partial charge in [-0.05, 0) is 109 Å². The van der Waals surface area contributed by atoms with E-state index in [4.69, 9.17) is 14.2 Å². The molecule has 0 saturated carbocycles. The number of rotatable bonds is 52. The number of unbranched alkanes of at least 4 members (excludes halogenated alkanes) is 28. The maximum Gasteiger partial charge on any atom is 0.305 e. The van der Waals surface area contributed by atoms with Gasteiger partial charge in [0.2, 0.25) is 5.91 Å². The largest absolute Gasteiger partial charge is 0.466 e. The fourth-order valence-electron chi connectivity index (χ4n) is 9.14. The van der Waals surface area contributed by atoms with Gasteiger partial charge in [0.25, 0.3) is 0 Å². The van der Waals surface area contributed by atoms with Crippen LogP contribution in [-0.4, -0.2) is 100 Å². The lowest BCUT2D eigenvalue weighted by atomic mass is 9.99. The molecule has 75 heavy (non-hydrogen) atoms. The minimum Gasteiger partial charge on any atom is -0.466 e. The lowest BCUT2D eigenvalue weighted by molar-refractivity contribution is -0.302. The highest BCUT2D eigenvalue weighted by atomic mass is 16.7. The average Bonchev–Trinajstić information content (AvgIpc) is 3.41. The average molecular weight is 1060 g/mol. The SMILES string of the molecule is CC/C=C/CC/C=C/CC/C=C/C(O)C(COC1OC(CO)C(O)C(O)C1O)NC(=O)CCCCCCCCCCC/C=C\C/C=C\CCCCCCCCCCCOC(=O)CCCCCCC/C=C\CCCCC. The first kappa shape index (κ1) is 70.1. The number of ether oxygens (including phenoxy) is 3. The number of carbonyl (C=O) groups excluding carboxylic acids is 2. The fraction of sp³-hybridized carbons (Fsp3) is 0.781. The van der Waals surface area contributed by atoms with Crippen LogP contribution in [-0.2, 0) is 23.8 Å². The minimum absolute atomic E-state index is 0.0134. The minimum atomic E-state index is -1.58. The van der Waals surface area contributed by atoms with Crippen molar-refractivity contribution in [3.05, 3.63) is 72.9 Å². The predicted molar refractivity (Wildman–Crippen MR) is 310 cm³/mol. The van der Waals surface area contributed by atoms with E-state index in [9.17, 15) is 35.1 Å². The Hall–Kier alpha value is -2.90. The first-order chi connectivity index (χ1) is 36.7. The molecule has 11 heteroatoms. The molecule has 1 amide bonds. The summed E-state index contributed by atoms with van der Waals surface area (Å²) in [4.78, 5) is 25.0. The van der Waals surface area contributed by atoms with Crippen molar-refractivity contribution in [2.45, 2.75) is 301 Å². The second-order valence-electron chi connectivity index (χ2n) is 21.0. The summed E-state index contributed by atoms with van der Waals surface area (Å²) in [5, 5.41) is 54.2. The van der Waals surface area contributed by atoms with E-state index in [0.29, 0.717) is 19.4 Å². The molecule has 1 saturated heterocycles. The van der Waals surface area contributed by atoms with Gasteiger partial charge < -0.3 is 45.1 Å². The van der Waals surface area contributed by atoms with Gasteiger partial charge in [0, 0.05) is 12.8 Å². The molecule has 0 bridgehead atoms. The molecule has 0 aromatic rings. The van der Waals surface area contributed by atoms with E-state index >= 15 is 0 Å². The molecule has 7 atom stereocenters. The van der Waals surface area contributed by atoms with Crippen LogP contribution in [0.25, 0.3) is 0 Å². The van der Waals surface area contributed by atoms with Gasteiger partial charge in [0.05, 0.1) is 32.0 Å². The first-order valence-electron chi connectivity index (χ1n) is 30.7. The molecular formula is C64H113NO10. The van der Waals surface area contributed by atoms with Crippen LogP contribution in [0.15, 0.2) is 72.9 Å². The summed E-state index contributed by atoms with van der Waals surface area (Å²) in [7, 11) is 0. The van der Waals surface area contributed by atoms with Crippen LogP contribution in [0.1, 0.15) is 258 Å². The van der Waals surface area contributed by atoms with E-state index < -0.39 is 49.5 Å². The number of allylic oxidation sites excluding steroid dienone is 11. The molecule has 6 N–H and O–H groups in total. The maximum atomic E-state index is 13.0. The lowest BCUT2D eigenvalue weighted by Gasteiger charge is -2.40. The molecule has 11 nitrogen and oxygen atoms in total. The normalized spacial score (nSPS) is 19.3. The van der Waals surface area contributed by atoms with Crippen molar-refractivity contribution in [2.75, 3.05) is 19.8 Å². The standard InChI is InChI=1S/C64H113NO10/c1-3-5-7-9-11-13-15-32-36-40-44-48-52-60(69)73-53-49-45-41-37-33-30-28-26-24-22-20-18-16-17-19-21-23-25-27-29-31-35-39-43-47-51-59(68)65-56(55-74-64-63(72)62(71)61(70)58(54-66)75-64)57(67)50-46-42-38-34-14-12-10-8-6-4-2/h6,8,11,13-14,17-20,34,46,50,56-58,61-64,66-67,70-72H,3-5,7,9-10,12,15-16,21-33,35-45,47-49,51-55H2,1-2H3,(H,65,68)/b8-6+,13-11-,19-17-,20-18-,34-14+,50-46+. The molecule has 0 aromatic carbocycles. The summed E-state index contributed by atoms with van der Waals surface area (Å²) in [5.74, 6) is -0.220. The Morgan fingerprint density at radius 1 is 0.507 bits per heavy atom. The van der Waals surface area contributed by atoms with Gasteiger partial charge in [-0.25, -0.2) is 0 Å². The van der Waals surface area contributed by atoms with Crippen molar-refractivity contribution >= 4 is 11.9 Å². The molecule has 434 valence electrons. The van der Waals surface area contributed by atoms with E-state index in [-0.39, 0.29) is 18.5 Å². The summed E-state index contributed by atoms with van der Waals surface area (Å²) >= 11 is 0. The number of hydrogen-bond acceptors (Lipinski definition) is 10. The van der Waals surface area contributed by atoms with Crippen molar-refractivity contribution in [2.24, 2.45) is 0 Å². The molecule has 1 rings (SSSR count). The van der Waals surface area contributed by atoms with Crippen LogP contribution >= 0.6 is 0 Å². The van der Waals surface area contributed by atoms with E-state index in [1.165, 1.54) is 135 Å². The molecule has 0 radical (unpaired) electrons. The first-order valence-corrected chi connectivity index (χ1v) is 30.7. The van der Waals surface area contributed by atoms with Gasteiger partial charge >= 0.3 is 5.97 Å². The smallest absolute Gasteiger partial charge is 0.305 e. The molecular weight excluding hydrogens is 943 g/mol. The third-order valence-corrected chi connectivity index (χ3v) is 14.0. The van der Waals surface area contributed by atoms with Gasteiger partial charge in [0.1, 0.15) is 24.4 Å². The maximum absolute atomic E-state index is 13.0. The van der Waals surface area contributed by atoms with Crippen molar-refractivity contribution in [1.29, 1.82) is 0 Å². The molecule has 0 spiro atoms.